The number of anilines is 3. The first-order valence-corrected chi connectivity index (χ1v) is 19.9. The zero-order chi connectivity index (χ0) is 39.1. The van der Waals surface area contributed by atoms with Crippen LogP contribution >= 0.6 is 0 Å². The van der Waals surface area contributed by atoms with Crippen LogP contribution in [0.4, 0.5) is 17.1 Å². The molecule has 0 unspecified atom stereocenters. The number of nitrogens with zero attached hydrogens (tertiary/aromatic N) is 2. The van der Waals surface area contributed by atoms with Crippen molar-refractivity contribution in [3.63, 3.8) is 0 Å². The average molecular weight is 757 g/mol. The fourth-order valence-corrected chi connectivity index (χ4v) is 8.27. The Bertz CT molecular complexity index is 3230. The molecule has 278 valence electrons. The smallest absolute Gasteiger partial charge is 0.227 e. The van der Waals surface area contributed by atoms with Crippen LogP contribution < -0.4 is 4.90 Å². The SMILES string of the molecule is c1ccc(-c2ccc(N(c3ccc(-c4c5nc(-c6ccccc6)oc5cc5c4oc4ccccc45)cc3)c3ccc(-c4ccccc4)c(-c4ccccc4)c3)cc2)cc1. The monoisotopic (exact) mass is 756 g/mol. The number of aromatic nitrogens is 1. The number of hydrogen-bond donors (Lipinski definition) is 0. The Morgan fingerprint density at radius 2 is 0.847 bits per heavy atom. The van der Waals surface area contributed by atoms with E-state index in [0.29, 0.717) is 11.5 Å². The van der Waals surface area contributed by atoms with Crippen LogP contribution in [-0.2, 0) is 0 Å². The highest BCUT2D eigenvalue weighted by atomic mass is 16.4. The lowest BCUT2D eigenvalue weighted by Crippen LogP contribution is -2.10. The lowest BCUT2D eigenvalue weighted by molar-refractivity contribution is 0.620. The molecule has 59 heavy (non-hydrogen) atoms. The first-order chi connectivity index (χ1) is 29.2. The average Bonchev–Trinajstić information content (AvgIpc) is 3.92. The van der Waals surface area contributed by atoms with E-state index >= 15 is 0 Å². The van der Waals surface area contributed by atoms with Gasteiger partial charge >= 0.3 is 0 Å². The Balaban J connectivity index is 1.08. The summed E-state index contributed by atoms with van der Waals surface area (Å²) in [6, 6.07) is 76.4. The summed E-state index contributed by atoms with van der Waals surface area (Å²) in [5, 5.41) is 2.04. The van der Waals surface area contributed by atoms with E-state index in [1.165, 1.54) is 22.3 Å². The van der Waals surface area contributed by atoms with Gasteiger partial charge in [-0.3, -0.25) is 0 Å². The van der Waals surface area contributed by atoms with Gasteiger partial charge in [0.2, 0.25) is 5.89 Å². The number of furan rings is 1. The van der Waals surface area contributed by atoms with Crippen molar-refractivity contribution < 1.29 is 8.83 Å². The first kappa shape index (κ1) is 34.3. The summed E-state index contributed by atoms with van der Waals surface area (Å²) < 4.78 is 13.1. The van der Waals surface area contributed by atoms with E-state index in [0.717, 1.165) is 72.3 Å². The molecular weight excluding hydrogens is 721 g/mol. The van der Waals surface area contributed by atoms with Crippen molar-refractivity contribution in [2.45, 2.75) is 0 Å². The number of oxazole rings is 1. The number of hydrogen-bond acceptors (Lipinski definition) is 4. The Morgan fingerprint density at radius 1 is 0.339 bits per heavy atom. The molecule has 0 aliphatic heterocycles. The van der Waals surface area contributed by atoms with E-state index in [4.69, 9.17) is 13.8 Å². The third-order valence-electron chi connectivity index (χ3n) is 11.1. The molecule has 11 aromatic rings. The molecule has 0 saturated carbocycles. The number of benzene rings is 9. The lowest BCUT2D eigenvalue weighted by Gasteiger charge is -2.27. The van der Waals surface area contributed by atoms with E-state index in [-0.39, 0.29) is 0 Å². The molecule has 0 atom stereocenters. The van der Waals surface area contributed by atoms with Crippen LogP contribution in [0.3, 0.4) is 0 Å². The molecule has 4 heteroatoms. The molecule has 0 amide bonds. The highest BCUT2D eigenvalue weighted by Crippen LogP contribution is 2.45. The summed E-state index contributed by atoms with van der Waals surface area (Å²) in [6.45, 7) is 0. The van der Waals surface area contributed by atoms with Gasteiger partial charge in [-0.15, -0.1) is 0 Å². The maximum atomic E-state index is 6.64. The van der Waals surface area contributed by atoms with E-state index < -0.39 is 0 Å². The minimum absolute atomic E-state index is 0.578. The maximum absolute atomic E-state index is 6.64. The minimum Gasteiger partial charge on any atom is -0.455 e. The van der Waals surface area contributed by atoms with Crippen LogP contribution in [0.1, 0.15) is 0 Å². The van der Waals surface area contributed by atoms with Crippen LogP contribution in [-0.4, -0.2) is 4.98 Å². The molecular formula is C55H36N2O2. The van der Waals surface area contributed by atoms with Crippen LogP contribution in [0.2, 0.25) is 0 Å². The second-order valence-corrected chi connectivity index (χ2v) is 14.7. The van der Waals surface area contributed by atoms with Gasteiger partial charge in [-0.25, -0.2) is 4.98 Å². The number of fused-ring (bicyclic) bond motifs is 4. The van der Waals surface area contributed by atoms with Gasteiger partial charge in [-0.2, -0.15) is 0 Å². The van der Waals surface area contributed by atoms with Gasteiger partial charge in [0.25, 0.3) is 0 Å². The van der Waals surface area contributed by atoms with Crippen LogP contribution in [0.15, 0.2) is 227 Å². The summed E-state index contributed by atoms with van der Waals surface area (Å²) in [7, 11) is 0. The van der Waals surface area contributed by atoms with Gasteiger partial charge < -0.3 is 13.7 Å². The Labute approximate surface area is 341 Å². The van der Waals surface area contributed by atoms with Crippen molar-refractivity contribution in [2.75, 3.05) is 4.90 Å². The maximum Gasteiger partial charge on any atom is 0.227 e. The summed E-state index contributed by atoms with van der Waals surface area (Å²) in [5.41, 5.74) is 16.1. The lowest BCUT2D eigenvalue weighted by atomic mass is 9.93. The Kier molecular flexibility index (Phi) is 8.45. The summed E-state index contributed by atoms with van der Waals surface area (Å²) in [5.74, 6) is 0.578. The van der Waals surface area contributed by atoms with Gasteiger partial charge in [0.1, 0.15) is 16.7 Å². The fraction of sp³-hybridized carbons (Fsp3) is 0. The second-order valence-electron chi connectivity index (χ2n) is 14.7. The predicted octanol–water partition coefficient (Wildman–Crippen LogP) is 15.5. The zero-order valence-corrected chi connectivity index (χ0v) is 32.0. The van der Waals surface area contributed by atoms with E-state index in [2.05, 4.69) is 175 Å². The molecule has 0 radical (unpaired) electrons. The fourth-order valence-electron chi connectivity index (χ4n) is 8.27. The Hall–Kier alpha value is -7.95. The third kappa shape index (κ3) is 6.24. The van der Waals surface area contributed by atoms with E-state index in [9.17, 15) is 0 Å². The number of rotatable bonds is 8. The van der Waals surface area contributed by atoms with Gasteiger partial charge in [0.15, 0.2) is 5.58 Å². The van der Waals surface area contributed by atoms with Crippen LogP contribution in [0, 0.1) is 0 Å². The standard InChI is InChI=1S/C55H36N2O2/c1-5-15-37(16-6-1)38-25-29-43(30-26-38)57(45-33-34-46(39-17-7-2-8-18-39)48(35-45)40-19-9-3-10-20-40)44-31-27-41(28-32-44)52-53-51(59-55(56-53)42-21-11-4-12-22-42)36-49-47-23-13-14-24-50(47)58-54(49)52/h1-36H. The molecule has 4 nitrogen and oxygen atoms in total. The highest BCUT2D eigenvalue weighted by molar-refractivity contribution is 6.16. The summed E-state index contributed by atoms with van der Waals surface area (Å²) in [4.78, 5) is 7.43. The van der Waals surface area contributed by atoms with Crippen LogP contribution in [0.25, 0.3) is 89.0 Å². The van der Waals surface area contributed by atoms with Crippen LogP contribution in [0.5, 0.6) is 0 Å². The van der Waals surface area contributed by atoms with Crippen molar-refractivity contribution in [3.8, 4) is 56.0 Å². The topological polar surface area (TPSA) is 42.4 Å². The molecule has 0 spiro atoms. The molecule has 0 bridgehead atoms. The largest absolute Gasteiger partial charge is 0.455 e. The molecule has 0 N–H and O–H groups in total. The summed E-state index contributed by atoms with van der Waals surface area (Å²) >= 11 is 0. The normalized spacial score (nSPS) is 11.4. The molecule has 11 rings (SSSR count). The third-order valence-corrected chi connectivity index (χ3v) is 11.1. The highest BCUT2D eigenvalue weighted by Gasteiger charge is 2.22. The molecule has 0 aliphatic rings. The van der Waals surface area contributed by atoms with Crippen molar-refractivity contribution >= 4 is 50.1 Å². The Morgan fingerprint density at radius 3 is 1.49 bits per heavy atom. The van der Waals surface area contributed by atoms with E-state index in [1.807, 2.05) is 48.5 Å². The number of para-hydroxylation sites is 1. The molecule has 0 aliphatic carbocycles. The first-order valence-electron chi connectivity index (χ1n) is 19.9. The van der Waals surface area contributed by atoms with Crippen molar-refractivity contribution in [1.82, 2.24) is 4.98 Å². The van der Waals surface area contributed by atoms with Gasteiger partial charge in [0.05, 0.1) is 5.56 Å². The van der Waals surface area contributed by atoms with Crippen molar-refractivity contribution in [1.29, 1.82) is 0 Å². The predicted molar refractivity (Wildman–Crippen MR) is 243 cm³/mol. The van der Waals surface area contributed by atoms with Crippen molar-refractivity contribution in [3.05, 3.63) is 218 Å². The summed E-state index contributed by atoms with van der Waals surface area (Å²) in [6.07, 6.45) is 0. The van der Waals surface area contributed by atoms with Gasteiger partial charge in [-0.05, 0) is 99.6 Å². The zero-order valence-electron chi connectivity index (χ0n) is 32.0. The van der Waals surface area contributed by atoms with E-state index in [1.54, 1.807) is 0 Å². The molecule has 9 aromatic carbocycles. The molecule has 0 fully saturated rings. The molecule has 0 saturated heterocycles. The van der Waals surface area contributed by atoms with Gasteiger partial charge in [-0.1, -0.05) is 158 Å². The minimum atomic E-state index is 0.578. The second kappa shape index (κ2) is 14.5. The van der Waals surface area contributed by atoms with Gasteiger partial charge in [0, 0.05) is 33.4 Å². The molecule has 2 heterocycles. The van der Waals surface area contributed by atoms with Crippen molar-refractivity contribution in [2.24, 2.45) is 0 Å². The quantitative estimate of drug-likeness (QED) is 0.155. The molecule has 2 aromatic heterocycles.